The molecule has 0 aliphatic heterocycles. The number of rotatable bonds is 15. The van der Waals surface area contributed by atoms with E-state index in [1.54, 1.807) is 70.2 Å². The summed E-state index contributed by atoms with van der Waals surface area (Å²) in [6.45, 7) is 15.4. The molecule has 0 saturated heterocycles. The first-order valence-electron chi connectivity index (χ1n) is 14.1. The summed E-state index contributed by atoms with van der Waals surface area (Å²) in [5.74, 6) is -0.669. The monoisotopic (exact) mass is 659 g/mol. The zero-order valence-corrected chi connectivity index (χ0v) is 27.4. The second-order valence-corrected chi connectivity index (χ2v) is 11.2. The van der Waals surface area contributed by atoms with Crippen molar-refractivity contribution in [3.05, 3.63) is 82.9 Å². The van der Waals surface area contributed by atoms with Crippen molar-refractivity contribution >= 4 is 58.4 Å². The Balaban J connectivity index is 2.38. The summed E-state index contributed by atoms with van der Waals surface area (Å²) >= 11 is 12.9. The minimum absolute atomic E-state index is 0.00356. The second-order valence-electron chi connectivity index (χ2n) is 10.5. The summed E-state index contributed by atoms with van der Waals surface area (Å²) in [5.41, 5.74) is 0.843. The third-order valence-electron chi connectivity index (χ3n) is 5.47. The Morgan fingerprint density at radius 2 is 1.73 bits per heavy atom. The number of amides is 3. The van der Waals surface area contributed by atoms with Crippen LogP contribution in [0.15, 0.2) is 71.9 Å². The van der Waals surface area contributed by atoms with E-state index >= 15 is 0 Å². The largest absolute Gasteiger partial charge is 0.490 e. The van der Waals surface area contributed by atoms with Crippen LogP contribution in [-0.2, 0) is 25.6 Å². The van der Waals surface area contributed by atoms with Gasteiger partial charge in [-0.2, -0.15) is 4.99 Å². The second kappa shape index (κ2) is 18.6. The quantitative estimate of drug-likeness (QED) is 0.0690. The van der Waals surface area contributed by atoms with Crippen LogP contribution in [0.5, 0.6) is 5.75 Å². The van der Waals surface area contributed by atoms with E-state index < -0.39 is 17.5 Å². The van der Waals surface area contributed by atoms with Gasteiger partial charge < -0.3 is 30.3 Å². The summed E-state index contributed by atoms with van der Waals surface area (Å²) in [6.07, 6.45) is 1.98. The molecular weight excluding hydrogens is 621 g/mol. The summed E-state index contributed by atoms with van der Waals surface area (Å²) < 4.78 is 11.0. The van der Waals surface area contributed by atoms with E-state index in [1.807, 2.05) is 0 Å². The number of aliphatic imine (C=N–C) groups is 1. The van der Waals surface area contributed by atoms with Gasteiger partial charge in [-0.15, -0.1) is 6.58 Å². The average molecular weight is 661 g/mol. The number of alkyl carbamates (subject to hydrolysis) is 1. The topological polar surface area (TPSA) is 140 Å². The molecule has 45 heavy (non-hydrogen) atoms. The van der Waals surface area contributed by atoms with Crippen molar-refractivity contribution in [3.63, 3.8) is 0 Å². The Hall–Kier alpha value is -4.19. The lowest BCUT2D eigenvalue weighted by Gasteiger charge is -2.20. The standard InChI is InChI=1S/C32H39Cl2N5O6/c1-7-16-35-20-27(41)37-30-24(33)15-12-22(29(30)34)18-28(45-31(42)38-32(4,5)6)36-26(40)19-25(39-44-9-3)21-10-13-23(14-11-21)43-17-8-2/h7-8,10-15,35H,1-2,9,16-20H2,3-6H3,(H,37,41)(H,38,42)/b36-28?,39-25-. The van der Waals surface area contributed by atoms with Gasteiger partial charge in [-0.05, 0) is 63.6 Å². The first kappa shape index (κ1) is 37.0. The maximum atomic E-state index is 13.2. The van der Waals surface area contributed by atoms with Crippen LogP contribution in [-0.4, -0.2) is 61.4 Å². The number of ether oxygens (including phenoxy) is 2. The van der Waals surface area contributed by atoms with Crippen molar-refractivity contribution in [3.8, 4) is 5.75 Å². The number of nitrogens with zero attached hydrogens (tertiary/aromatic N) is 2. The van der Waals surface area contributed by atoms with Crippen LogP contribution in [0.1, 0.15) is 45.2 Å². The van der Waals surface area contributed by atoms with Gasteiger partial charge in [0.05, 0.1) is 40.8 Å². The number of carbonyl (C=O) groups is 3. The molecule has 13 heteroatoms. The molecule has 242 valence electrons. The number of hydrogen-bond donors (Lipinski definition) is 3. The maximum absolute atomic E-state index is 13.2. The lowest BCUT2D eigenvalue weighted by Crippen LogP contribution is -2.42. The summed E-state index contributed by atoms with van der Waals surface area (Å²) in [7, 11) is 0. The highest BCUT2D eigenvalue weighted by Gasteiger charge is 2.21. The molecule has 0 spiro atoms. The van der Waals surface area contributed by atoms with Crippen molar-refractivity contribution < 1.29 is 28.7 Å². The fourth-order valence-corrected chi connectivity index (χ4v) is 4.10. The Kier molecular flexibility index (Phi) is 15.3. The maximum Gasteiger partial charge on any atom is 0.414 e. The first-order valence-corrected chi connectivity index (χ1v) is 14.8. The van der Waals surface area contributed by atoms with E-state index in [1.165, 1.54) is 6.07 Å². The van der Waals surface area contributed by atoms with Crippen molar-refractivity contribution in [1.29, 1.82) is 0 Å². The van der Waals surface area contributed by atoms with Crippen LogP contribution in [0.3, 0.4) is 0 Å². The Morgan fingerprint density at radius 1 is 1.02 bits per heavy atom. The van der Waals surface area contributed by atoms with Gasteiger partial charge in [0, 0.05) is 17.6 Å². The van der Waals surface area contributed by atoms with Crippen LogP contribution < -0.4 is 20.7 Å². The predicted molar refractivity (Wildman–Crippen MR) is 179 cm³/mol. The molecule has 2 aromatic rings. The molecule has 0 radical (unpaired) electrons. The van der Waals surface area contributed by atoms with Gasteiger partial charge in [0.1, 0.15) is 19.0 Å². The van der Waals surface area contributed by atoms with Crippen LogP contribution in [0.2, 0.25) is 10.0 Å². The molecule has 0 aliphatic carbocycles. The van der Waals surface area contributed by atoms with E-state index in [9.17, 15) is 14.4 Å². The molecule has 0 unspecified atom stereocenters. The SMILES string of the molecule is C=CCNCC(=O)Nc1c(Cl)ccc(CC(=NC(=O)C/C(=N/OCC)c2ccc(OCC=C)cc2)OC(=O)NC(C)(C)C)c1Cl. The zero-order chi connectivity index (χ0) is 33.4. The fraction of sp³-hybridized carbons (Fsp3) is 0.344. The lowest BCUT2D eigenvalue weighted by molar-refractivity contribution is -0.117. The van der Waals surface area contributed by atoms with Crippen LogP contribution in [0.4, 0.5) is 10.5 Å². The van der Waals surface area contributed by atoms with Gasteiger partial charge in [0.2, 0.25) is 11.8 Å². The number of carbonyl (C=O) groups excluding carboxylic acids is 3. The van der Waals surface area contributed by atoms with E-state index in [0.29, 0.717) is 35.7 Å². The highest BCUT2D eigenvalue weighted by Crippen LogP contribution is 2.34. The number of hydrogen-bond acceptors (Lipinski definition) is 8. The Bertz CT molecular complexity index is 1420. The average Bonchev–Trinajstić information content (AvgIpc) is 2.97. The van der Waals surface area contributed by atoms with Crippen LogP contribution in [0, 0.1) is 0 Å². The molecule has 0 fully saturated rings. The van der Waals surface area contributed by atoms with Crippen LogP contribution >= 0.6 is 23.2 Å². The molecule has 0 heterocycles. The minimum Gasteiger partial charge on any atom is -0.490 e. The number of oxime groups is 1. The normalized spacial score (nSPS) is 11.8. The summed E-state index contributed by atoms with van der Waals surface area (Å²) in [4.78, 5) is 47.7. The smallest absolute Gasteiger partial charge is 0.414 e. The summed E-state index contributed by atoms with van der Waals surface area (Å²) in [6, 6.07) is 10.0. The molecule has 0 aromatic heterocycles. The van der Waals surface area contributed by atoms with Crippen molar-refractivity contribution in [2.75, 3.05) is 31.6 Å². The Morgan fingerprint density at radius 3 is 2.36 bits per heavy atom. The molecule has 11 nitrogen and oxygen atoms in total. The molecule has 2 aromatic carbocycles. The molecular formula is C32H39Cl2N5O6. The highest BCUT2D eigenvalue weighted by molar-refractivity contribution is 6.40. The van der Waals surface area contributed by atoms with Gasteiger partial charge >= 0.3 is 6.09 Å². The Labute approximate surface area is 273 Å². The molecule has 0 saturated carbocycles. The van der Waals surface area contributed by atoms with Gasteiger partial charge in [-0.3, -0.25) is 9.59 Å². The third-order valence-corrected chi connectivity index (χ3v) is 6.21. The number of halogens is 2. The number of anilines is 1. The van der Waals surface area contributed by atoms with Crippen molar-refractivity contribution in [1.82, 2.24) is 10.6 Å². The molecule has 0 aliphatic rings. The third kappa shape index (κ3) is 13.5. The first-order chi connectivity index (χ1) is 21.4. The fourth-order valence-electron chi connectivity index (χ4n) is 3.57. The van der Waals surface area contributed by atoms with E-state index in [0.717, 1.165) is 0 Å². The molecule has 2 rings (SSSR count). The van der Waals surface area contributed by atoms with Gasteiger partial charge in [-0.1, -0.05) is 53.2 Å². The van der Waals surface area contributed by atoms with Gasteiger partial charge in [-0.25, -0.2) is 4.79 Å². The molecule has 0 atom stereocenters. The minimum atomic E-state index is -0.820. The van der Waals surface area contributed by atoms with Crippen LogP contribution in [0.25, 0.3) is 0 Å². The lowest BCUT2D eigenvalue weighted by atomic mass is 10.1. The molecule has 3 amide bonds. The van der Waals surface area contributed by atoms with E-state index in [2.05, 4.69) is 39.3 Å². The molecule has 0 bridgehead atoms. The van der Waals surface area contributed by atoms with Gasteiger partial charge in [0.25, 0.3) is 5.91 Å². The van der Waals surface area contributed by atoms with E-state index in [-0.39, 0.29) is 53.5 Å². The predicted octanol–water partition coefficient (Wildman–Crippen LogP) is 6.10. The number of nitrogens with one attached hydrogen (secondary N) is 3. The zero-order valence-electron chi connectivity index (χ0n) is 25.9. The van der Waals surface area contributed by atoms with Crippen molar-refractivity contribution in [2.45, 2.75) is 46.1 Å². The van der Waals surface area contributed by atoms with Gasteiger partial charge in [0.15, 0.2) is 0 Å². The number of benzene rings is 2. The van der Waals surface area contributed by atoms with E-state index in [4.69, 9.17) is 37.5 Å². The van der Waals surface area contributed by atoms with Crippen molar-refractivity contribution in [2.24, 2.45) is 10.1 Å². The highest BCUT2D eigenvalue weighted by atomic mass is 35.5. The molecule has 3 N–H and O–H groups in total. The summed E-state index contributed by atoms with van der Waals surface area (Å²) in [5, 5.41) is 12.6.